The van der Waals surface area contributed by atoms with E-state index in [1.165, 1.54) is 0 Å². The largest absolute Gasteiger partial charge is 0.269 e. The molecule has 0 heterocycles. The summed E-state index contributed by atoms with van der Waals surface area (Å²) in [4.78, 5) is 0. The SMILES string of the molecule is C=CCN(C)N.Cl. The third kappa shape index (κ3) is 10.7. The fraction of sp³-hybridized carbons (Fsp3) is 0.500. The number of hydrazine groups is 1. The van der Waals surface area contributed by atoms with E-state index >= 15 is 0 Å². The lowest BCUT2D eigenvalue weighted by Crippen LogP contribution is -2.25. The number of rotatable bonds is 2. The Morgan fingerprint density at radius 3 is 2.29 bits per heavy atom. The van der Waals surface area contributed by atoms with Crippen LogP contribution in [0, 0.1) is 0 Å². The van der Waals surface area contributed by atoms with Crippen molar-refractivity contribution < 1.29 is 0 Å². The topological polar surface area (TPSA) is 29.3 Å². The molecule has 0 atom stereocenters. The first-order valence-electron chi connectivity index (χ1n) is 1.84. The Bertz CT molecular complexity index is 45.0. The summed E-state index contributed by atoms with van der Waals surface area (Å²) in [5, 5.41) is 1.56. The first kappa shape index (κ1) is 10.0. The molecule has 0 aromatic heterocycles. The van der Waals surface area contributed by atoms with E-state index in [2.05, 4.69) is 6.58 Å². The van der Waals surface area contributed by atoms with E-state index < -0.39 is 0 Å². The van der Waals surface area contributed by atoms with Crippen molar-refractivity contribution in [2.45, 2.75) is 0 Å². The summed E-state index contributed by atoms with van der Waals surface area (Å²) >= 11 is 0. The fourth-order valence-electron chi connectivity index (χ4n) is 0.204. The molecule has 0 saturated heterocycles. The Hall–Kier alpha value is -0.0500. The quantitative estimate of drug-likeness (QED) is 0.326. The molecule has 0 aliphatic carbocycles. The van der Waals surface area contributed by atoms with Crippen LogP contribution in [0.1, 0.15) is 0 Å². The molecule has 0 radical (unpaired) electrons. The molecular formula is C4H11ClN2. The van der Waals surface area contributed by atoms with Gasteiger partial charge in [-0.3, -0.25) is 5.84 Å². The Morgan fingerprint density at radius 2 is 2.29 bits per heavy atom. The molecule has 0 aliphatic rings. The van der Waals surface area contributed by atoms with E-state index in [4.69, 9.17) is 5.84 Å². The van der Waals surface area contributed by atoms with Crippen LogP contribution in [-0.4, -0.2) is 18.6 Å². The van der Waals surface area contributed by atoms with Gasteiger partial charge in [0.2, 0.25) is 0 Å². The third-order valence-corrected chi connectivity index (χ3v) is 0.417. The van der Waals surface area contributed by atoms with E-state index in [1.807, 2.05) is 0 Å². The maximum Gasteiger partial charge on any atom is 0.0303 e. The van der Waals surface area contributed by atoms with Gasteiger partial charge in [0.1, 0.15) is 0 Å². The van der Waals surface area contributed by atoms with Gasteiger partial charge in [-0.1, -0.05) is 6.08 Å². The Labute approximate surface area is 50.4 Å². The fourth-order valence-corrected chi connectivity index (χ4v) is 0.204. The molecule has 0 aromatic rings. The van der Waals surface area contributed by atoms with Crippen LogP contribution in [0.3, 0.4) is 0 Å². The molecule has 0 amide bonds. The second kappa shape index (κ2) is 5.95. The van der Waals surface area contributed by atoms with Crippen LogP contribution in [0.2, 0.25) is 0 Å². The molecule has 0 bridgehead atoms. The van der Waals surface area contributed by atoms with Crippen molar-refractivity contribution in [1.82, 2.24) is 5.01 Å². The van der Waals surface area contributed by atoms with Crippen LogP contribution in [0.5, 0.6) is 0 Å². The number of hydrogen-bond donors (Lipinski definition) is 1. The molecule has 2 N–H and O–H groups in total. The van der Waals surface area contributed by atoms with Crippen LogP contribution < -0.4 is 5.84 Å². The minimum atomic E-state index is 0. The molecule has 0 aliphatic heterocycles. The number of likely N-dealkylation sites (N-methyl/N-ethyl adjacent to an activating group) is 1. The maximum absolute atomic E-state index is 5.16. The number of halogens is 1. The van der Waals surface area contributed by atoms with Gasteiger partial charge in [-0.15, -0.1) is 19.0 Å². The summed E-state index contributed by atoms with van der Waals surface area (Å²) in [5.41, 5.74) is 0. The monoisotopic (exact) mass is 122 g/mol. The minimum Gasteiger partial charge on any atom is -0.269 e. The van der Waals surface area contributed by atoms with Crippen LogP contribution in [0.25, 0.3) is 0 Å². The molecule has 0 fully saturated rings. The highest BCUT2D eigenvalue weighted by Gasteiger charge is 1.75. The number of nitrogens with zero attached hydrogens (tertiary/aromatic N) is 1. The Kier molecular flexibility index (Phi) is 8.54. The second-order valence-electron chi connectivity index (χ2n) is 1.23. The number of hydrogen-bond acceptors (Lipinski definition) is 2. The molecule has 7 heavy (non-hydrogen) atoms. The van der Waals surface area contributed by atoms with E-state index in [9.17, 15) is 0 Å². The highest BCUT2D eigenvalue weighted by atomic mass is 35.5. The van der Waals surface area contributed by atoms with Crippen molar-refractivity contribution in [2.75, 3.05) is 13.6 Å². The van der Waals surface area contributed by atoms with E-state index in [1.54, 1.807) is 18.1 Å². The molecule has 2 nitrogen and oxygen atoms in total. The second-order valence-corrected chi connectivity index (χ2v) is 1.23. The molecule has 0 unspecified atom stereocenters. The minimum absolute atomic E-state index is 0. The van der Waals surface area contributed by atoms with Gasteiger partial charge in [0.15, 0.2) is 0 Å². The van der Waals surface area contributed by atoms with Gasteiger partial charge >= 0.3 is 0 Å². The zero-order valence-electron chi connectivity index (χ0n) is 4.42. The summed E-state index contributed by atoms with van der Waals surface area (Å²) < 4.78 is 0. The molecule has 0 saturated carbocycles. The van der Waals surface area contributed by atoms with Gasteiger partial charge in [0, 0.05) is 13.6 Å². The Balaban J connectivity index is 0. The van der Waals surface area contributed by atoms with E-state index in [0.29, 0.717) is 0 Å². The average molecular weight is 123 g/mol. The first-order chi connectivity index (χ1) is 2.77. The van der Waals surface area contributed by atoms with Gasteiger partial charge in [-0.2, -0.15) is 0 Å². The smallest absolute Gasteiger partial charge is 0.0303 e. The highest BCUT2D eigenvalue weighted by Crippen LogP contribution is 1.64. The molecule has 0 spiro atoms. The van der Waals surface area contributed by atoms with Gasteiger partial charge in [-0.25, -0.2) is 5.01 Å². The van der Waals surface area contributed by atoms with Gasteiger partial charge in [-0.05, 0) is 0 Å². The van der Waals surface area contributed by atoms with Crippen LogP contribution in [0.15, 0.2) is 12.7 Å². The predicted molar refractivity (Wildman–Crippen MR) is 34.3 cm³/mol. The van der Waals surface area contributed by atoms with Crippen molar-refractivity contribution in [3.05, 3.63) is 12.7 Å². The van der Waals surface area contributed by atoms with Crippen molar-refractivity contribution >= 4 is 12.4 Å². The van der Waals surface area contributed by atoms with Gasteiger partial charge in [0.05, 0.1) is 0 Å². The molecule has 44 valence electrons. The lowest BCUT2D eigenvalue weighted by Gasteiger charge is -2.01. The summed E-state index contributed by atoms with van der Waals surface area (Å²) in [7, 11) is 1.79. The van der Waals surface area contributed by atoms with Crippen molar-refractivity contribution in [3.8, 4) is 0 Å². The third-order valence-electron chi connectivity index (χ3n) is 0.417. The van der Waals surface area contributed by atoms with Crippen LogP contribution in [-0.2, 0) is 0 Å². The van der Waals surface area contributed by atoms with Crippen molar-refractivity contribution in [3.63, 3.8) is 0 Å². The molecule has 3 heteroatoms. The van der Waals surface area contributed by atoms with E-state index in [-0.39, 0.29) is 12.4 Å². The molecule has 0 aromatic carbocycles. The predicted octanol–water partition coefficient (Wildman–Crippen LogP) is 0.400. The summed E-state index contributed by atoms with van der Waals surface area (Å²) in [6, 6.07) is 0. The number of nitrogens with two attached hydrogens (primary N) is 1. The van der Waals surface area contributed by atoms with Crippen molar-refractivity contribution in [2.24, 2.45) is 5.84 Å². The average Bonchev–Trinajstić information content (AvgIpc) is 1.35. The van der Waals surface area contributed by atoms with Gasteiger partial charge < -0.3 is 0 Å². The van der Waals surface area contributed by atoms with Gasteiger partial charge in [0.25, 0.3) is 0 Å². The maximum atomic E-state index is 5.16. The zero-order chi connectivity index (χ0) is 4.99. The van der Waals surface area contributed by atoms with Crippen LogP contribution >= 0.6 is 12.4 Å². The Morgan fingerprint density at radius 1 is 1.86 bits per heavy atom. The lowest BCUT2D eigenvalue weighted by atomic mass is 10.6. The summed E-state index contributed by atoms with van der Waals surface area (Å²) in [5.74, 6) is 5.16. The zero-order valence-corrected chi connectivity index (χ0v) is 5.24. The summed E-state index contributed by atoms with van der Waals surface area (Å²) in [6.45, 7) is 4.23. The first-order valence-corrected chi connectivity index (χ1v) is 1.84. The lowest BCUT2D eigenvalue weighted by molar-refractivity contribution is 0.390. The van der Waals surface area contributed by atoms with Crippen molar-refractivity contribution in [1.29, 1.82) is 0 Å². The van der Waals surface area contributed by atoms with E-state index in [0.717, 1.165) is 6.54 Å². The molecular weight excluding hydrogens is 112 g/mol. The summed E-state index contributed by atoms with van der Waals surface area (Å²) in [6.07, 6.45) is 1.75. The van der Waals surface area contributed by atoms with Crippen LogP contribution in [0.4, 0.5) is 0 Å². The normalized spacial score (nSPS) is 7.86. The standard InChI is InChI=1S/C4H10N2.ClH/c1-3-4-6(2)5;/h3H,1,4-5H2,2H3;1H. The highest BCUT2D eigenvalue weighted by molar-refractivity contribution is 5.85. The molecule has 0 rings (SSSR count).